The van der Waals surface area contributed by atoms with Crippen LogP contribution in [0.2, 0.25) is 0 Å². The Morgan fingerprint density at radius 3 is 2.53 bits per heavy atom. The minimum Gasteiger partial charge on any atom is -0.508 e. The number of nitrogens with zero attached hydrogens (tertiary/aromatic N) is 1. The first-order valence-corrected chi connectivity index (χ1v) is 6.69. The van der Waals surface area contributed by atoms with Crippen molar-refractivity contribution < 1.29 is 5.11 Å². The van der Waals surface area contributed by atoms with Crippen LogP contribution >= 0.6 is 0 Å². The van der Waals surface area contributed by atoms with Crippen LogP contribution in [-0.4, -0.2) is 22.7 Å². The molecule has 100 valence electrons. The van der Waals surface area contributed by atoms with Crippen molar-refractivity contribution in [3.05, 3.63) is 59.9 Å². The third-order valence-corrected chi connectivity index (χ3v) is 3.09. The summed E-state index contributed by atoms with van der Waals surface area (Å²) in [6, 6.07) is 13.8. The van der Waals surface area contributed by atoms with E-state index < -0.39 is 0 Å². The molecular formula is C16H20N2O. The van der Waals surface area contributed by atoms with Crippen LogP contribution in [-0.2, 0) is 12.8 Å². The van der Waals surface area contributed by atoms with Gasteiger partial charge in [-0.25, -0.2) is 0 Å². The van der Waals surface area contributed by atoms with E-state index in [0.29, 0.717) is 11.8 Å². The lowest BCUT2D eigenvalue weighted by molar-refractivity contribution is 0.474. The second-order valence-corrected chi connectivity index (χ2v) is 4.65. The van der Waals surface area contributed by atoms with Crippen molar-refractivity contribution in [1.82, 2.24) is 10.3 Å². The van der Waals surface area contributed by atoms with E-state index in [2.05, 4.69) is 23.3 Å². The molecule has 0 fully saturated rings. The Morgan fingerprint density at radius 1 is 1.11 bits per heavy atom. The third-order valence-electron chi connectivity index (χ3n) is 3.09. The van der Waals surface area contributed by atoms with Crippen LogP contribution in [0.3, 0.4) is 0 Å². The van der Waals surface area contributed by atoms with E-state index in [1.54, 1.807) is 12.1 Å². The van der Waals surface area contributed by atoms with E-state index in [-0.39, 0.29) is 0 Å². The first-order chi connectivity index (χ1) is 9.28. The number of pyridine rings is 1. The highest BCUT2D eigenvalue weighted by molar-refractivity contribution is 5.26. The summed E-state index contributed by atoms with van der Waals surface area (Å²) in [4.78, 5) is 4.38. The molecule has 1 atom stereocenters. The van der Waals surface area contributed by atoms with Crippen LogP contribution in [0.1, 0.15) is 18.2 Å². The molecule has 2 rings (SSSR count). The highest BCUT2D eigenvalue weighted by Crippen LogP contribution is 2.12. The molecule has 1 heterocycles. The van der Waals surface area contributed by atoms with E-state index in [9.17, 15) is 5.11 Å². The van der Waals surface area contributed by atoms with Crippen LogP contribution in [0, 0.1) is 0 Å². The first kappa shape index (κ1) is 13.6. The van der Waals surface area contributed by atoms with Gasteiger partial charge in [-0.2, -0.15) is 0 Å². The van der Waals surface area contributed by atoms with Crippen LogP contribution in [0.15, 0.2) is 48.7 Å². The SMILES string of the molecule is CCNC(Cc1ccc(O)cc1)Cc1ccccn1. The molecule has 0 aliphatic heterocycles. The van der Waals surface area contributed by atoms with Gasteiger partial charge in [0.1, 0.15) is 5.75 Å². The van der Waals surface area contributed by atoms with Crippen molar-refractivity contribution in [2.45, 2.75) is 25.8 Å². The van der Waals surface area contributed by atoms with E-state index in [1.807, 2.05) is 30.5 Å². The Labute approximate surface area is 114 Å². The normalized spacial score (nSPS) is 12.3. The molecule has 0 radical (unpaired) electrons. The quantitative estimate of drug-likeness (QED) is 0.835. The number of phenolic OH excluding ortho intramolecular Hbond substituents is 1. The van der Waals surface area contributed by atoms with Gasteiger partial charge in [0.25, 0.3) is 0 Å². The minimum absolute atomic E-state index is 0.313. The number of benzene rings is 1. The van der Waals surface area contributed by atoms with Gasteiger partial charge in [-0.15, -0.1) is 0 Å². The maximum Gasteiger partial charge on any atom is 0.115 e. The number of phenols is 1. The van der Waals surface area contributed by atoms with E-state index in [4.69, 9.17) is 0 Å². The smallest absolute Gasteiger partial charge is 0.115 e. The first-order valence-electron chi connectivity index (χ1n) is 6.69. The fourth-order valence-corrected chi connectivity index (χ4v) is 2.19. The molecule has 0 saturated carbocycles. The van der Waals surface area contributed by atoms with Gasteiger partial charge in [-0.05, 0) is 42.8 Å². The summed E-state index contributed by atoms with van der Waals surface area (Å²) in [7, 11) is 0. The predicted molar refractivity (Wildman–Crippen MR) is 77.2 cm³/mol. The number of aromatic nitrogens is 1. The van der Waals surface area contributed by atoms with Crippen molar-refractivity contribution in [2.24, 2.45) is 0 Å². The maximum absolute atomic E-state index is 9.30. The number of aromatic hydroxyl groups is 1. The molecule has 1 aromatic heterocycles. The summed E-state index contributed by atoms with van der Waals surface area (Å²) in [5.41, 5.74) is 2.33. The van der Waals surface area contributed by atoms with Gasteiger partial charge in [-0.3, -0.25) is 4.98 Å². The fourth-order valence-electron chi connectivity index (χ4n) is 2.19. The standard InChI is InChI=1S/C16H20N2O/c1-2-17-15(12-14-5-3-4-10-18-14)11-13-6-8-16(19)9-7-13/h3-10,15,17,19H,2,11-12H2,1H3. The Balaban J connectivity index is 2.01. The monoisotopic (exact) mass is 256 g/mol. The highest BCUT2D eigenvalue weighted by atomic mass is 16.3. The van der Waals surface area contributed by atoms with Gasteiger partial charge in [0, 0.05) is 24.4 Å². The second-order valence-electron chi connectivity index (χ2n) is 4.65. The molecule has 0 saturated heterocycles. The number of rotatable bonds is 6. The molecule has 0 aliphatic carbocycles. The number of likely N-dealkylation sites (N-methyl/N-ethyl adjacent to an activating group) is 1. The Bertz CT molecular complexity index is 482. The van der Waals surface area contributed by atoms with Crippen molar-refractivity contribution in [3.8, 4) is 5.75 Å². The van der Waals surface area contributed by atoms with E-state index >= 15 is 0 Å². The summed E-state index contributed by atoms with van der Waals surface area (Å²) in [6.07, 6.45) is 3.68. The largest absolute Gasteiger partial charge is 0.508 e. The van der Waals surface area contributed by atoms with Crippen LogP contribution < -0.4 is 5.32 Å². The number of hydrogen-bond donors (Lipinski definition) is 2. The third kappa shape index (κ3) is 4.38. The molecule has 19 heavy (non-hydrogen) atoms. The second kappa shape index (κ2) is 6.90. The van der Waals surface area contributed by atoms with Gasteiger partial charge in [0.2, 0.25) is 0 Å². The number of hydrogen-bond acceptors (Lipinski definition) is 3. The van der Waals surface area contributed by atoms with Crippen molar-refractivity contribution in [2.75, 3.05) is 6.54 Å². The average molecular weight is 256 g/mol. The topological polar surface area (TPSA) is 45.1 Å². The summed E-state index contributed by atoms with van der Waals surface area (Å²) < 4.78 is 0. The van der Waals surface area contributed by atoms with Gasteiger partial charge in [0.05, 0.1) is 0 Å². The summed E-state index contributed by atoms with van der Waals surface area (Å²) in [5, 5.41) is 12.8. The van der Waals surface area contributed by atoms with E-state index in [0.717, 1.165) is 25.1 Å². The lowest BCUT2D eigenvalue weighted by atomic mass is 10.0. The molecule has 2 aromatic rings. The highest BCUT2D eigenvalue weighted by Gasteiger charge is 2.10. The molecule has 0 amide bonds. The van der Waals surface area contributed by atoms with Crippen LogP contribution in [0.25, 0.3) is 0 Å². The average Bonchev–Trinajstić information content (AvgIpc) is 2.43. The van der Waals surface area contributed by atoms with Crippen LogP contribution in [0.5, 0.6) is 5.75 Å². The molecule has 0 aliphatic rings. The van der Waals surface area contributed by atoms with Gasteiger partial charge >= 0.3 is 0 Å². The Kier molecular flexibility index (Phi) is 4.93. The summed E-state index contributed by atoms with van der Waals surface area (Å²) in [5.74, 6) is 0.313. The zero-order chi connectivity index (χ0) is 13.5. The molecule has 3 heteroatoms. The van der Waals surface area contributed by atoms with Crippen molar-refractivity contribution in [3.63, 3.8) is 0 Å². The van der Waals surface area contributed by atoms with Gasteiger partial charge < -0.3 is 10.4 Å². The molecule has 0 spiro atoms. The summed E-state index contributed by atoms with van der Waals surface area (Å²) in [6.45, 7) is 3.05. The zero-order valence-corrected chi connectivity index (χ0v) is 11.2. The molecule has 3 nitrogen and oxygen atoms in total. The van der Waals surface area contributed by atoms with Gasteiger partial charge in [-0.1, -0.05) is 25.1 Å². The lowest BCUT2D eigenvalue weighted by Gasteiger charge is -2.17. The lowest BCUT2D eigenvalue weighted by Crippen LogP contribution is -2.33. The Morgan fingerprint density at radius 2 is 1.89 bits per heavy atom. The maximum atomic E-state index is 9.30. The van der Waals surface area contributed by atoms with Crippen molar-refractivity contribution >= 4 is 0 Å². The molecule has 0 bridgehead atoms. The molecule has 1 unspecified atom stereocenters. The zero-order valence-electron chi connectivity index (χ0n) is 11.2. The Hall–Kier alpha value is -1.87. The number of nitrogens with one attached hydrogen (secondary N) is 1. The molecule has 1 aromatic carbocycles. The predicted octanol–water partition coefficient (Wildman–Crippen LogP) is 2.55. The molecule has 2 N–H and O–H groups in total. The fraction of sp³-hybridized carbons (Fsp3) is 0.312. The van der Waals surface area contributed by atoms with E-state index in [1.165, 1.54) is 5.56 Å². The van der Waals surface area contributed by atoms with Crippen LogP contribution in [0.4, 0.5) is 0 Å². The molecular weight excluding hydrogens is 236 g/mol. The minimum atomic E-state index is 0.313. The van der Waals surface area contributed by atoms with Gasteiger partial charge in [0.15, 0.2) is 0 Å². The summed E-state index contributed by atoms with van der Waals surface area (Å²) >= 11 is 0. The van der Waals surface area contributed by atoms with Crippen molar-refractivity contribution in [1.29, 1.82) is 0 Å².